The van der Waals surface area contributed by atoms with Gasteiger partial charge in [0.1, 0.15) is 24.0 Å². The molecule has 1 saturated carbocycles. The number of hydrogen-bond donors (Lipinski definition) is 2. The first-order valence-electron chi connectivity index (χ1n) is 11.6. The molecule has 2 aliphatic carbocycles. The molecule has 0 amide bonds. The van der Waals surface area contributed by atoms with Crippen LogP contribution >= 0.6 is 11.6 Å². The first-order valence-corrected chi connectivity index (χ1v) is 12.0. The van der Waals surface area contributed by atoms with E-state index in [2.05, 4.69) is 4.98 Å². The summed E-state index contributed by atoms with van der Waals surface area (Å²) in [4.78, 5) is 4.36. The lowest BCUT2D eigenvalue weighted by Crippen LogP contribution is -2.31. The van der Waals surface area contributed by atoms with Crippen LogP contribution in [0.5, 0.6) is 11.6 Å². The summed E-state index contributed by atoms with van der Waals surface area (Å²) in [5, 5.41) is 19.2. The van der Waals surface area contributed by atoms with Crippen LogP contribution in [0.2, 0.25) is 5.02 Å². The molecule has 5 nitrogen and oxygen atoms in total. The van der Waals surface area contributed by atoms with Gasteiger partial charge < -0.3 is 19.7 Å². The Hall–Kier alpha value is -2.74. The lowest BCUT2D eigenvalue weighted by molar-refractivity contribution is -0.0139. The van der Waals surface area contributed by atoms with Crippen LogP contribution in [0.3, 0.4) is 0 Å². The third-order valence-electron chi connectivity index (χ3n) is 6.80. The molecule has 184 valence electrons. The second-order valence-corrected chi connectivity index (χ2v) is 10.0. The lowest BCUT2D eigenvalue weighted by Gasteiger charge is -2.20. The van der Waals surface area contributed by atoms with Crippen LogP contribution in [0.15, 0.2) is 42.6 Å². The molecule has 3 aromatic rings. The molecule has 2 unspecified atom stereocenters. The first-order chi connectivity index (χ1) is 16.7. The number of halogens is 3. The van der Waals surface area contributed by atoms with Gasteiger partial charge in [-0.05, 0) is 67.0 Å². The van der Waals surface area contributed by atoms with E-state index < -0.39 is 17.2 Å². The molecule has 1 fully saturated rings. The van der Waals surface area contributed by atoms with Crippen molar-refractivity contribution in [1.82, 2.24) is 4.98 Å². The van der Waals surface area contributed by atoms with E-state index in [0.29, 0.717) is 23.1 Å². The predicted molar refractivity (Wildman–Crippen MR) is 128 cm³/mol. The number of aliphatic hydroxyl groups is 2. The van der Waals surface area contributed by atoms with Gasteiger partial charge in [-0.3, -0.25) is 0 Å². The van der Waals surface area contributed by atoms with Crippen molar-refractivity contribution in [2.75, 3.05) is 13.2 Å². The highest BCUT2D eigenvalue weighted by molar-refractivity contribution is 6.33. The zero-order valence-electron chi connectivity index (χ0n) is 19.2. The highest BCUT2D eigenvalue weighted by Crippen LogP contribution is 2.56. The summed E-state index contributed by atoms with van der Waals surface area (Å²) in [6, 6.07) is 8.88. The molecule has 8 heteroatoms. The Bertz CT molecular complexity index is 1270. The summed E-state index contributed by atoms with van der Waals surface area (Å²) in [5.74, 6) is 0.780. The molecule has 0 radical (unpaired) electrons. The Kier molecular flexibility index (Phi) is 6.42. The molecule has 0 spiro atoms. The van der Waals surface area contributed by atoms with E-state index in [1.165, 1.54) is 36.6 Å². The summed E-state index contributed by atoms with van der Waals surface area (Å²) in [6.45, 7) is 1.19. The van der Waals surface area contributed by atoms with Crippen LogP contribution in [0.4, 0.5) is 8.78 Å². The summed E-state index contributed by atoms with van der Waals surface area (Å²) in [7, 11) is 0. The average molecular weight is 502 g/mol. The van der Waals surface area contributed by atoms with E-state index in [-0.39, 0.29) is 42.4 Å². The van der Waals surface area contributed by atoms with Crippen LogP contribution < -0.4 is 9.47 Å². The van der Waals surface area contributed by atoms with Crippen molar-refractivity contribution in [1.29, 1.82) is 0 Å². The second kappa shape index (κ2) is 9.37. The Morgan fingerprint density at radius 2 is 1.94 bits per heavy atom. The molecule has 35 heavy (non-hydrogen) atoms. The summed E-state index contributed by atoms with van der Waals surface area (Å²) in [5.41, 5.74) is 2.01. The highest BCUT2D eigenvalue weighted by atomic mass is 35.5. The number of benzene rings is 2. The third kappa shape index (κ3) is 5.13. The van der Waals surface area contributed by atoms with Gasteiger partial charge in [-0.15, -0.1) is 0 Å². The minimum Gasteiger partial charge on any atom is -0.493 e. The topological polar surface area (TPSA) is 71.8 Å². The zero-order chi connectivity index (χ0) is 24.7. The number of fused-ring (bicyclic) bond motifs is 3. The van der Waals surface area contributed by atoms with E-state index in [0.717, 1.165) is 18.4 Å². The number of nitrogens with zero attached hydrogens (tertiary/aromatic N) is 1. The quantitative estimate of drug-likeness (QED) is 0.409. The van der Waals surface area contributed by atoms with Crippen molar-refractivity contribution in [3.63, 3.8) is 0 Å². The van der Waals surface area contributed by atoms with Crippen LogP contribution in [0, 0.1) is 17.6 Å². The van der Waals surface area contributed by atoms with E-state index in [1.54, 1.807) is 12.1 Å². The number of aromatic nitrogens is 1. The van der Waals surface area contributed by atoms with Gasteiger partial charge in [0, 0.05) is 41.4 Å². The van der Waals surface area contributed by atoms with E-state index in [1.807, 2.05) is 12.3 Å². The number of aliphatic hydroxyl groups excluding tert-OH is 1. The summed E-state index contributed by atoms with van der Waals surface area (Å²) in [6.07, 6.45) is 4.34. The molecule has 0 bridgehead atoms. The van der Waals surface area contributed by atoms with Crippen LogP contribution in [-0.2, 0) is 13.0 Å². The smallest absolute Gasteiger partial charge is 0.213 e. The largest absolute Gasteiger partial charge is 0.493 e. The molecule has 1 aromatic heterocycles. The molecule has 2 aliphatic rings. The molecule has 0 aliphatic heterocycles. The Labute approximate surface area is 207 Å². The van der Waals surface area contributed by atoms with Crippen molar-refractivity contribution in [2.45, 2.75) is 44.3 Å². The van der Waals surface area contributed by atoms with Gasteiger partial charge in [0.2, 0.25) is 5.88 Å². The molecule has 1 heterocycles. The van der Waals surface area contributed by atoms with Gasteiger partial charge in [0.15, 0.2) is 0 Å². The Balaban J connectivity index is 1.29. The fourth-order valence-corrected chi connectivity index (χ4v) is 4.82. The van der Waals surface area contributed by atoms with Gasteiger partial charge >= 0.3 is 0 Å². The minimum atomic E-state index is -1.24. The van der Waals surface area contributed by atoms with Gasteiger partial charge in [-0.25, -0.2) is 13.8 Å². The molecule has 5 rings (SSSR count). The van der Waals surface area contributed by atoms with Crippen molar-refractivity contribution in [3.05, 3.63) is 75.9 Å². The van der Waals surface area contributed by atoms with Crippen LogP contribution in [-0.4, -0.2) is 34.0 Å². The molecule has 0 saturated heterocycles. The fourth-order valence-electron chi connectivity index (χ4n) is 4.55. The highest BCUT2D eigenvalue weighted by Gasteiger charge is 2.45. The lowest BCUT2D eigenvalue weighted by atomic mass is 10.0. The number of rotatable bonds is 9. The predicted octanol–water partition coefficient (Wildman–Crippen LogP) is 5.43. The maximum absolute atomic E-state index is 14.7. The Morgan fingerprint density at radius 1 is 1.11 bits per heavy atom. The molecule has 2 aromatic carbocycles. The van der Waals surface area contributed by atoms with Crippen LogP contribution in [0.1, 0.15) is 42.4 Å². The first kappa shape index (κ1) is 24.0. The van der Waals surface area contributed by atoms with Crippen molar-refractivity contribution < 1.29 is 28.5 Å². The zero-order valence-corrected chi connectivity index (χ0v) is 20.0. The maximum Gasteiger partial charge on any atom is 0.213 e. The SMILES string of the molecule is C[C@@](O)(CO)CCOc1ccc(-c2cc(COc3cc4c(cn3)C3CC3C4)c(F)cc2F)c(Cl)c1. The van der Waals surface area contributed by atoms with Crippen molar-refractivity contribution >= 4 is 11.6 Å². The van der Waals surface area contributed by atoms with Gasteiger partial charge in [-0.1, -0.05) is 11.6 Å². The normalized spacial score (nSPS) is 19.6. The number of ether oxygens (including phenoxy) is 2. The molecule has 2 N–H and O–H groups in total. The standard InChI is InChI=1S/C27H26ClF2NO4/c1-27(33,14-32)4-5-34-18-2-3-19(23(28)10-18)21-8-17(24(29)11-25(21)30)13-35-26-9-16-6-15-7-20(15)22(16)12-31-26/h2-3,8-12,15,20,32-33H,4-7,13-14H2,1H3/t15?,20?,27-/m0/s1. The van der Waals surface area contributed by atoms with Crippen LogP contribution in [0.25, 0.3) is 11.1 Å². The maximum atomic E-state index is 14.7. The third-order valence-corrected chi connectivity index (χ3v) is 7.11. The molecule has 3 atom stereocenters. The van der Waals surface area contributed by atoms with E-state index >= 15 is 0 Å². The number of pyridine rings is 1. The van der Waals surface area contributed by atoms with E-state index in [9.17, 15) is 13.9 Å². The number of hydrogen-bond acceptors (Lipinski definition) is 5. The average Bonchev–Trinajstić information content (AvgIpc) is 3.49. The Morgan fingerprint density at radius 3 is 2.71 bits per heavy atom. The van der Waals surface area contributed by atoms with Gasteiger partial charge in [-0.2, -0.15) is 0 Å². The van der Waals surface area contributed by atoms with Gasteiger partial charge in [0.25, 0.3) is 0 Å². The van der Waals surface area contributed by atoms with Crippen molar-refractivity contribution in [3.8, 4) is 22.8 Å². The summed E-state index contributed by atoms with van der Waals surface area (Å²) < 4.78 is 40.5. The molecular formula is C27H26ClF2NO4. The van der Waals surface area contributed by atoms with Crippen molar-refractivity contribution in [2.24, 2.45) is 5.92 Å². The summed E-state index contributed by atoms with van der Waals surface area (Å²) >= 11 is 6.40. The fraction of sp³-hybridized carbons (Fsp3) is 0.370. The van der Waals surface area contributed by atoms with E-state index in [4.69, 9.17) is 26.2 Å². The minimum absolute atomic E-state index is 0.0959. The van der Waals surface area contributed by atoms with Gasteiger partial charge in [0.05, 0.1) is 23.8 Å². The molecular weight excluding hydrogens is 476 g/mol. The second-order valence-electron chi connectivity index (χ2n) is 9.64. The monoisotopic (exact) mass is 501 g/mol.